The van der Waals surface area contributed by atoms with Crippen LogP contribution in [0.25, 0.3) is 10.2 Å². The first-order valence-corrected chi connectivity index (χ1v) is 8.79. The Balaban J connectivity index is 1.85. The fraction of sp³-hybridized carbons (Fsp3) is 0.294. The second-order valence-electron chi connectivity index (χ2n) is 5.84. The Hall–Kier alpha value is -2.55. The van der Waals surface area contributed by atoms with Gasteiger partial charge in [-0.3, -0.25) is 0 Å². The molecule has 0 saturated carbocycles. The van der Waals surface area contributed by atoms with Crippen LogP contribution in [0.4, 0.5) is 24.9 Å². The average molecular weight is 382 g/mol. The highest BCUT2D eigenvalue weighted by Gasteiger charge is 2.31. The lowest BCUT2D eigenvalue weighted by Gasteiger charge is -2.15. The standard InChI is InChI=1S/C17H17F3N4OS/c1-10(2)22-16-23-12-7-8-26-14(12)15(24-16)21-9-11-5-3-4-6-13(11)25-17(18,19)20/h3-8,10H,9H2,1-2H3,(H2,21,22,23,24). The third-order valence-electron chi connectivity index (χ3n) is 3.37. The van der Waals surface area contributed by atoms with Crippen LogP contribution in [-0.2, 0) is 6.54 Å². The van der Waals surface area contributed by atoms with E-state index >= 15 is 0 Å². The van der Waals surface area contributed by atoms with Crippen molar-refractivity contribution in [2.24, 2.45) is 0 Å². The van der Waals surface area contributed by atoms with Crippen LogP contribution in [0.2, 0.25) is 0 Å². The highest BCUT2D eigenvalue weighted by molar-refractivity contribution is 7.17. The Morgan fingerprint density at radius 2 is 1.92 bits per heavy atom. The van der Waals surface area contributed by atoms with Gasteiger partial charge in [0.2, 0.25) is 5.95 Å². The molecule has 2 N–H and O–H groups in total. The number of benzene rings is 1. The molecule has 0 aliphatic carbocycles. The predicted octanol–water partition coefficient (Wildman–Crippen LogP) is 5.02. The van der Waals surface area contributed by atoms with Gasteiger partial charge in [-0.15, -0.1) is 24.5 Å². The topological polar surface area (TPSA) is 59.1 Å². The Bertz CT molecular complexity index is 895. The zero-order valence-corrected chi connectivity index (χ0v) is 14.9. The molecular weight excluding hydrogens is 365 g/mol. The molecular formula is C17H17F3N4OS. The summed E-state index contributed by atoms with van der Waals surface area (Å²) in [5.74, 6) is 0.799. The van der Waals surface area contributed by atoms with E-state index in [1.807, 2.05) is 25.3 Å². The van der Waals surface area contributed by atoms with Crippen LogP contribution in [0, 0.1) is 0 Å². The van der Waals surface area contributed by atoms with Gasteiger partial charge in [-0.05, 0) is 31.4 Å². The van der Waals surface area contributed by atoms with Crippen molar-refractivity contribution in [3.63, 3.8) is 0 Å². The quantitative estimate of drug-likeness (QED) is 0.627. The summed E-state index contributed by atoms with van der Waals surface area (Å²) in [6.45, 7) is 4.08. The fourth-order valence-corrected chi connectivity index (χ4v) is 3.16. The maximum atomic E-state index is 12.6. The minimum absolute atomic E-state index is 0.136. The number of fused-ring (bicyclic) bond motifs is 1. The first kappa shape index (κ1) is 18.2. The molecule has 0 saturated heterocycles. The molecule has 5 nitrogen and oxygen atoms in total. The number of hydrogen-bond acceptors (Lipinski definition) is 6. The van der Waals surface area contributed by atoms with Gasteiger partial charge in [0, 0.05) is 18.2 Å². The molecule has 0 aliphatic rings. The Labute approximate surface area is 152 Å². The third-order valence-corrected chi connectivity index (χ3v) is 4.28. The van der Waals surface area contributed by atoms with Crippen molar-refractivity contribution in [2.75, 3.05) is 10.6 Å². The molecule has 0 bridgehead atoms. The predicted molar refractivity (Wildman–Crippen MR) is 96.6 cm³/mol. The lowest BCUT2D eigenvalue weighted by atomic mass is 10.2. The molecule has 2 aromatic heterocycles. The van der Waals surface area contributed by atoms with E-state index in [0.717, 1.165) is 10.2 Å². The minimum atomic E-state index is -4.74. The van der Waals surface area contributed by atoms with Crippen LogP contribution in [0.3, 0.4) is 0 Å². The number of hydrogen-bond donors (Lipinski definition) is 2. The largest absolute Gasteiger partial charge is 0.573 e. The number of halogens is 3. The lowest BCUT2D eigenvalue weighted by molar-refractivity contribution is -0.274. The molecule has 0 radical (unpaired) electrons. The third kappa shape index (κ3) is 4.54. The van der Waals surface area contributed by atoms with E-state index in [2.05, 4.69) is 25.3 Å². The summed E-state index contributed by atoms with van der Waals surface area (Å²) in [4.78, 5) is 8.88. The van der Waals surface area contributed by atoms with Gasteiger partial charge in [0.05, 0.1) is 10.2 Å². The van der Waals surface area contributed by atoms with E-state index < -0.39 is 6.36 Å². The summed E-state index contributed by atoms with van der Waals surface area (Å²) in [5.41, 5.74) is 1.15. The summed E-state index contributed by atoms with van der Waals surface area (Å²) >= 11 is 1.46. The number of anilines is 2. The second kappa shape index (κ2) is 7.36. The maximum Gasteiger partial charge on any atom is 0.573 e. The van der Waals surface area contributed by atoms with Gasteiger partial charge >= 0.3 is 6.36 Å². The number of nitrogens with zero attached hydrogens (tertiary/aromatic N) is 2. The smallest absolute Gasteiger partial charge is 0.405 e. The van der Waals surface area contributed by atoms with Gasteiger partial charge in [-0.25, -0.2) is 4.98 Å². The molecule has 0 spiro atoms. The number of alkyl halides is 3. The molecule has 2 heterocycles. The van der Waals surface area contributed by atoms with Crippen molar-refractivity contribution >= 4 is 33.3 Å². The Kier molecular flexibility index (Phi) is 5.17. The van der Waals surface area contributed by atoms with E-state index in [9.17, 15) is 13.2 Å². The van der Waals surface area contributed by atoms with Gasteiger partial charge < -0.3 is 15.4 Å². The molecule has 0 aliphatic heterocycles. The monoisotopic (exact) mass is 382 g/mol. The van der Waals surface area contributed by atoms with Crippen LogP contribution in [-0.4, -0.2) is 22.4 Å². The molecule has 3 rings (SSSR count). The minimum Gasteiger partial charge on any atom is -0.405 e. The van der Waals surface area contributed by atoms with Crippen molar-refractivity contribution < 1.29 is 17.9 Å². The molecule has 0 atom stereocenters. The molecule has 0 unspecified atom stereocenters. The van der Waals surface area contributed by atoms with Crippen LogP contribution in [0.15, 0.2) is 35.7 Å². The van der Waals surface area contributed by atoms with Crippen LogP contribution in [0.1, 0.15) is 19.4 Å². The first-order valence-electron chi connectivity index (χ1n) is 7.91. The Morgan fingerprint density at radius 3 is 2.65 bits per heavy atom. The number of para-hydroxylation sites is 1. The number of thiophene rings is 1. The van der Waals surface area contributed by atoms with Crippen molar-refractivity contribution in [1.82, 2.24) is 9.97 Å². The van der Waals surface area contributed by atoms with Crippen LogP contribution >= 0.6 is 11.3 Å². The molecule has 138 valence electrons. The molecule has 3 aromatic rings. The van der Waals surface area contributed by atoms with E-state index in [4.69, 9.17) is 0 Å². The lowest BCUT2D eigenvalue weighted by Crippen LogP contribution is -2.18. The van der Waals surface area contributed by atoms with Gasteiger partial charge in [-0.1, -0.05) is 18.2 Å². The highest BCUT2D eigenvalue weighted by Crippen LogP contribution is 2.30. The first-order chi connectivity index (χ1) is 12.3. The van der Waals surface area contributed by atoms with Gasteiger partial charge in [-0.2, -0.15) is 4.98 Å². The average Bonchev–Trinajstić information content (AvgIpc) is 3.00. The van der Waals surface area contributed by atoms with Gasteiger partial charge in [0.15, 0.2) is 0 Å². The van der Waals surface area contributed by atoms with Crippen LogP contribution in [0.5, 0.6) is 5.75 Å². The fourth-order valence-electron chi connectivity index (χ4n) is 2.36. The second-order valence-corrected chi connectivity index (χ2v) is 6.76. The number of ether oxygens (including phenoxy) is 1. The SMILES string of the molecule is CC(C)Nc1nc(NCc2ccccc2OC(F)(F)F)c2sccc2n1. The summed E-state index contributed by atoms with van der Waals surface area (Å²) in [7, 11) is 0. The maximum absolute atomic E-state index is 12.6. The van der Waals surface area contributed by atoms with E-state index in [-0.39, 0.29) is 18.3 Å². The molecule has 0 fully saturated rings. The zero-order valence-electron chi connectivity index (χ0n) is 14.1. The molecule has 0 amide bonds. The van der Waals surface area contributed by atoms with Crippen molar-refractivity contribution in [2.45, 2.75) is 32.8 Å². The summed E-state index contributed by atoms with van der Waals surface area (Å²) in [6.07, 6.45) is -4.74. The summed E-state index contributed by atoms with van der Waals surface area (Å²) in [6, 6.07) is 8.05. The molecule has 26 heavy (non-hydrogen) atoms. The van der Waals surface area contributed by atoms with E-state index in [0.29, 0.717) is 17.3 Å². The van der Waals surface area contributed by atoms with E-state index in [1.54, 1.807) is 12.1 Å². The van der Waals surface area contributed by atoms with Crippen molar-refractivity contribution in [3.05, 3.63) is 41.3 Å². The highest BCUT2D eigenvalue weighted by atomic mass is 32.1. The van der Waals surface area contributed by atoms with Gasteiger partial charge in [0.1, 0.15) is 11.6 Å². The molecule has 9 heteroatoms. The van der Waals surface area contributed by atoms with Crippen molar-refractivity contribution in [1.29, 1.82) is 0 Å². The summed E-state index contributed by atoms with van der Waals surface area (Å²) < 4.78 is 42.6. The van der Waals surface area contributed by atoms with E-state index in [1.165, 1.54) is 23.5 Å². The van der Waals surface area contributed by atoms with Crippen LogP contribution < -0.4 is 15.4 Å². The number of nitrogens with one attached hydrogen (secondary N) is 2. The summed E-state index contributed by atoms with van der Waals surface area (Å²) in [5, 5.41) is 8.13. The number of rotatable bonds is 6. The van der Waals surface area contributed by atoms with Crippen molar-refractivity contribution in [3.8, 4) is 5.75 Å². The normalized spacial score (nSPS) is 11.8. The number of aromatic nitrogens is 2. The zero-order chi connectivity index (χ0) is 18.7. The Morgan fingerprint density at radius 1 is 1.15 bits per heavy atom. The van der Waals surface area contributed by atoms with Gasteiger partial charge in [0.25, 0.3) is 0 Å². The molecule has 1 aromatic carbocycles.